The second kappa shape index (κ2) is 5.84. The van der Waals surface area contributed by atoms with Crippen LogP contribution in [0, 0.1) is 3.57 Å². The van der Waals surface area contributed by atoms with Crippen LogP contribution in [0.1, 0.15) is 24.2 Å². The summed E-state index contributed by atoms with van der Waals surface area (Å²) in [4.78, 5) is 12.2. The fraction of sp³-hybridized carbons (Fsp3) is 0.357. The van der Waals surface area contributed by atoms with E-state index >= 15 is 0 Å². The maximum absolute atomic E-state index is 12.2. The lowest BCUT2D eigenvalue weighted by molar-refractivity contribution is 0.0993. The van der Waals surface area contributed by atoms with Gasteiger partial charge in [-0.25, -0.2) is 0 Å². The molecule has 0 atom stereocenters. The normalized spacial score (nSPS) is 11.1. The van der Waals surface area contributed by atoms with Crippen LogP contribution in [-0.4, -0.2) is 23.4 Å². The summed E-state index contributed by atoms with van der Waals surface area (Å²) in [5.41, 5.74) is 1.96. The van der Waals surface area contributed by atoms with Crippen LogP contribution in [0.15, 0.2) is 24.4 Å². The van der Waals surface area contributed by atoms with Gasteiger partial charge in [0.2, 0.25) is 0 Å². The molecule has 96 valence electrons. The number of ketones is 1. The number of aryl methyl sites for hydroxylation is 1. The van der Waals surface area contributed by atoms with E-state index < -0.39 is 0 Å². The summed E-state index contributed by atoms with van der Waals surface area (Å²) in [6.07, 6.45) is 1.97. The smallest absolute Gasteiger partial charge is 0.178 e. The Kier molecular flexibility index (Phi) is 4.40. The van der Waals surface area contributed by atoms with Crippen molar-refractivity contribution in [2.75, 3.05) is 13.1 Å². The van der Waals surface area contributed by atoms with Gasteiger partial charge in [0.1, 0.15) is 0 Å². The van der Waals surface area contributed by atoms with Gasteiger partial charge in [-0.2, -0.15) is 0 Å². The van der Waals surface area contributed by atoms with E-state index in [1.54, 1.807) is 0 Å². The number of hydrogen-bond acceptors (Lipinski definition) is 2. The average molecular weight is 356 g/mol. The van der Waals surface area contributed by atoms with Crippen LogP contribution in [0.3, 0.4) is 0 Å². The number of nitrogens with zero attached hydrogens (tertiary/aromatic N) is 1. The van der Waals surface area contributed by atoms with Gasteiger partial charge in [0, 0.05) is 32.8 Å². The molecule has 1 aromatic heterocycles. The third-order valence-corrected chi connectivity index (χ3v) is 3.69. The monoisotopic (exact) mass is 356 g/mol. The summed E-state index contributed by atoms with van der Waals surface area (Å²) >= 11 is 2.28. The molecule has 4 heteroatoms. The molecule has 3 nitrogen and oxygen atoms in total. The summed E-state index contributed by atoms with van der Waals surface area (Å²) < 4.78 is 3.29. The Labute approximate surface area is 121 Å². The van der Waals surface area contributed by atoms with E-state index in [-0.39, 0.29) is 5.78 Å². The summed E-state index contributed by atoms with van der Waals surface area (Å²) in [6, 6.07) is 6.25. The van der Waals surface area contributed by atoms with E-state index in [1.165, 1.54) is 0 Å². The van der Waals surface area contributed by atoms with Gasteiger partial charge in [0.15, 0.2) is 5.78 Å². The first kappa shape index (κ1) is 13.5. The molecule has 0 amide bonds. The zero-order chi connectivity index (χ0) is 13.1. The molecule has 1 heterocycles. The van der Waals surface area contributed by atoms with Gasteiger partial charge < -0.3 is 9.88 Å². The van der Waals surface area contributed by atoms with Crippen molar-refractivity contribution in [1.29, 1.82) is 0 Å². The van der Waals surface area contributed by atoms with E-state index in [2.05, 4.69) is 57.6 Å². The first-order chi connectivity index (χ1) is 8.67. The Bertz CT molecular complexity index is 574. The predicted octanol–water partition coefficient (Wildman–Crippen LogP) is 3.06. The topological polar surface area (TPSA) is 34.0 Å². The van der Waals surface area contributed by atoms with Gasteiger partial charge in [-0.3, -0.25) is 4.79 Å². The van der Waals surface area contributed by atoms with Crippen LogP contribution < -0.4 is 5.32 Å². The Hall–Kier alpha value is -0.880. The summed E-state index contributed by atoms with van der Waals surface area (Å²) in [6.45, 7) is 6.20. The van der Waals surface area contributed by atoms with Crippen molar-refractivity contribution < 1.29 is 4.79 Å². The second-order valence-corrected chi connectivity index (χ2v) is 5.44. The number of Topliss-reactive ketones (excluding diaryl/α,β-unsaturated/α-hetero) is 1. The van der Waals surface area contributed by atoms with E-state index in [1.807, 2.05) is 13.1 Å². The molecule has 0 fully saturated rings. The SMILES string of the molecule is CCNCC(=O)c1cn(CC)c2ccc(I)cc12. The lowest BCUT2D eigenvalue weighted by atomic mass is 10.1. The third-order valence-electron chi connectivity index (χ3n) is 3.02. The van der Waals surface area contributed by atoms with Crippen molar-refractivity contribution in [1.82, 2.24) is 9.88 Å². The molecular formula is C14H17IN2O. The van der Waals surface area contributed by atoms with Crippen molar-refractivity contribution >= 4 is 39.3 Å². The van der Waals surface area contributed by atoms with Gasteiger partial charge in [0.05, 0.1) is 6.54 Å². The minimum absolute atomic E-state index is 0.163. The molecule has 0 bridgehead atoms. The zero-order valence-electron chi connectivity index (χ0n) is 10.7. The van der Waals surface area contributed by atoms with E-state index in [4.69, 9.17) is 0 Å². The average Bonchev–Trinajstić information content (AvgIpc) is 2.73. The van der Waals surface area contributed by atoms with Crippen LogP contribution in [0.4, 0.5) is 0 Å². The van der Waals surface area contributed by atoms with Gasteiger partial charge >= 0.3 is 0 Å². The largest absolute Gasteiger partial charge is 0.347 e. The number of nitrogens with one attached hydrogen (secondary N) is 1. The van der Waals surface area contributed by atoms with E-state index in [0.29, 0.717) is 6.54 Å². The van der Waals surface area contributed by atoms with Crippen molar-refractivity contribution in [3.63, 3.8) is 0 Å². The highest BCUT2D eigenvalue weighted by molar-refractivity contribution is 14.1. The van der Waals surface area contributed by atoms with Gasteiger partial charge in [-0.05, 0) is 54.3 Å². The van der Waals surface area contributed by atoms with Crippen LogP contribution in [0.25, 0.3) is 10.9 Å². The lowest BCUT2D eigenvalue weighted by Crippen LogP contribution is -2.22. The molecule has 0 saturated carbocycles. The molecule has 1 aromatic carbocycles. The minimum Gasteiger partial charge on any atom is -0.347 e. The number of rotatable bonds is 5. The number of carbonyl (C=O) groups is 1. The zero-order valence-corrected chi connectivity index (χ0v) is 12.8. The predicted molar refractivity (Wildman–Crippen MR) is 83.2 cm³/mol. The molecule has 0 aliphatic heterocycles. The maximum atomic E-state index is 12.2. The molecule has 2 rings (SSSR count). The van der Waals surface area contributed by atoms with Crippen LogP contribution in [0.2, 0.25) is 0 Å². The molecule has 0 radical (unpaired) electrons. The maximum Gasteiger partial charge on any atom is 0.178 e. The molecule has 2 aromatic rings. The summed E-state index contributed by atoms with van der Waals surface area (Å²) in [5.74, 6) is 0.163. The minimum atomic E-state index is 0.163. The number of carbonyl (C=O) groups excluding carboxylic acids is 1. The van der Waals surface area contributed by atoms with E-state index in [9.17, 15) is 4.79 Å². The third kappa shape index (κ3) is 2.59. The van der Waals surface area contributed by atoms with Crippen molar-refractivity contribution in [3.05, 3.63) is 33.5 Å². The first-order valence-electron chi connectivity index (χ1n) is 6.19. The van der Waals surface area contributed by atoms with Crippen LogP contribution >= 0.6 is 22.6 Å². The van der Waals surface area contributed by atoms with Crippen molar-refractivity contribution in [3.8, 4) is 0 Å². The number of likely N-dealkylation sites (N-methyl/N-ethyl adjacent to an activating group) is 1. The van der Waals surface area contributed by atoms with Crippen LogP contribution in [-0.2, 0) is 6.54 Å². The molecule has 0 unspecified atom stereocenters. The van der Waals surface area contributed by atoms with Gasteiger partial charge in [-0.1, -0.05) is 6.92 Å². The van der Waals surface area contributed by atoms with E-state index in [0.717, 1.165) is 33.1 Å². The molecule has 1 N–H and O–H groups in total. The highest BCUT2D eigenvalue weighted by Gasteiger charge is 2.14. The number of hydrogen-bond donors (Lipinski definition) is 1. The Morgan fingerprint density at radius 1 is 1.39 bits per heavy atom. The molecule has 0 aliphatic rings. The Morgan fingerprint density at radius 3 is 2.83 bits per heavy atom. The highest BCUT2D eigenvalue weighted by Crippen LogP contribution is 2.24. The number of benzene rings is 1. The van der Waals surface area contributed by atoms with Crippen molar-refractivity contribution in [2.24, 2.45) is 0 Å². The van der Waals surface area contributed by atoms with Crippen molar-refractivity contribution in [2.45, 2.75) is 20.4 Å². The fourth-order valence-electron chi connectivity index (χ4n) is 2.09. The van der Waals surface area contributed by atoms with Crippen LogP contribution in [0.5, 0.6) is 0 Å². The Balaban J connectivity index is 2.49. The standard InChI is InChI=1S/C14H17IN2O/c1-3-16-8-14(18)12-9-17(4-2)13-6-5-10(15)7-11(12)13/h5-7,9,16H,3-4,8H2,1-2H3. The molecule has 0 aliphatic carbocycles. The molecule has 0 saturated heterocycles. The quantitative estimate of drug-likeness (QED) is 0.660. The van der Waals surface area contributed by atoms with Gasteiger partial charge in [-0.15, -0.1) is 0 Å². The highest BCUT2D eigenvalue weighted by atomic mass is 127. The molecule has 0 spiro atoms. The second-order valence-electron chi connectivity index (χ2n) is 4.19. The number of fused-ring (bicyclic) bond motifs is 1. The molecule has 18 heavy (non-hydrogen) atoms. The van der Waals surface area contributed by atoms with Gasteiger partial charge in [0.25, 0.3) is 0 Å². The first-order valence-corrected chi connectivity index (χ1v) is 7.27. The Morgan fingerprint density at radius 2 is 2.17 bits per heavy atom. The molecular weight excluding hydrogens is 339 g/mol. The number of halogens is 1. The summed E-state index contributed by atoms with van der Waals surface area (Å²) in [7, 11) is 0. The lowest BCUT2D eigenvalue weighted by Gasteiger charge is -2.00. The number of aromatic nitrogens is 1. The fourth-order valence-corrected chi connectivity index (χ4v) is 2.58. The summed E-state index contributed by atoms with van der Waals surface area (Å²) in [5, 5.41) is 4.15.